The van der Waals surface area contributed by atoms with Crippen LogP contribution in [0.1, 0.15) is 5.76 Å². The van der Waals surface area contributed by atoms with Crippen molar-refractivity contribution in [3.8, 4) is 0 Å². The van der Waals surface area contributed by atoms with Gasteiger partial charge in [0.15, 0.2) is 0 Å². The monoisotopic (exact) mass is 286 g/mol. The van der Waals surface area contributed by atoms with Crippen LogP contribution >= 0.6 is 11.6 Å². The molecule has 18 heavy (non-hydrogen) atoms. The van der Waals surface area contributed by atoms with Gasteiger partial charge >= 0.3 is 0 Å². The molecule has 2 aromatic rings. The molecule has 0 saturated heterocycles. The average Bonchev–Trinajstić information content (AvgIpc) is 2.83. The molecule has 5 nitrogen and oxygen atoms in total. The highest BCUT2D eigenvalue weighted by molar-refractivity contribution is 7.89. The first-order valence-corrected chi connectivity index (χ1v) is 6.92. The molecule has 7 heteroatoms. The number of furan rings is 1. The van der Waals surface area contributed by atoms with Crippen LogP contribution in [0.4, 0.5) is 5.69 Å². The first kappa shape index (κ1) is 12.9. The van der Waals surface area contributed by atoms with E-state index in [0.29, 0.717) is 11.4 Å². The molecule has 0 aliphatic carbocycles. The van der Waals surface area contributed by atoms with Crippen LogP contribution in [0.2, 0.25) is 5.02 Å². The van der Waals surface area contributed by atoms with E-state index in [1.807, 2.05) is 0 Å². The van der Waals surface area contributed by atoms with Gasteiger partial charge in [0.1, 0.15) is 5.76 Å². The van der Waals surface area contributed by atoms with E-state index in [1.165, 1.54) is 24.5 Å². The Bertz CT molecular complexity index is 638. The summed E-state index contributed by atoms with van der Waals surface area (Å²) < 4.78 is 31.3. The lowest BCUT2D eigenvalue weighted by Crippen LogP contribution is -2.23. The number of halogens is 1. The molecule has 0 unspecified atom stereocenters. The molecule has 0 radical (unpaired) electrons. The van der Waals surface area contributed by atoms with Crippen LogP contribution in [-0.4, -0.2) is 8.42 Å². The molecule has 3 N–H and O–H groups in total. The second-order valence-electron chi connectivity index (χ2n) is 3.59. The number of benzene rings is 1. The quantitative estimate of drug-likeness (QED) is 0.842. The summed E-state index contributed by atoms with van der Waals surface area (Å²) >= 11 is 5.78. The Morgan fingerprint density at radius 1 is 1.33 bits per heavy atom. The van der Waals surface area contributed by atoms with Gasteiger partial charge in [-0.2, -0.15) is 0 Å². The van der Waals surface area contributed by atoms with Gasteiger partial charge in [-0.1, -0.05) is 11.6 Å². The Kier molecular flexibility index (Phi) is 3.60. The largest absolute Gasteiger partial charge is 0.468 e. The lowest BCUT2D eigenvalue weighted by Gasteiger charge is -2.06. The van der Waals surface area contributed by atoms with E-state index in [0.717, 1.165) is 0 Å². The summed E-state index contributed by atoms with van der Waals surface area (Å²) in [7, 11) is -3.63. The van der Waals surface area contributed by atoms with E-state index in [9.17, 15) is 8.42 Å². The smallest absolute Gasteiger partial charge is 0.241 e. The standard InChI is InChI=1S/C11H11ClN2O3S/c12-10-6-9(3-4-11(10)13)18(15,16)14-7-8-2-1-5-17-8/h1-6,14H,7,13H2. The van der Waals surface area contributed by atoms with Crippen molar-refractivity contribution in [1.82, 2.24) is 4.72 Å². The Morgan fingerprint density at radius 3 is 2.72 bits per heavy atom. The molecule has 0 atom stereocenters. The highest BCUT2D eigenvalue weighted by atomic mass is 35.5. The minimum atomic E-state index is -3.63. The zero-order chi connectivity index (χ0) is 13.2. The maximum Gasteiger partial charge on any atom is 0.241 e. The summed E-state index contributed by atoms with van der Waals surface area (Å²) in [6.07, 6.45) is 1.48. The molecule has 0 aliphatic heterocycles. The van der Waals surface area contributed by atoms with Crippen LogP contribution < -0.4 is 10.5 Å². The van der Waals surface area contributed by atoms with Crippen molar-refractivity contribution >= 4 is 27.3 Å². The Hall–Kier alpha value is -1.50. The second-order valence-corrected chi connectivity index (χ2v) is 5.76. The molecule has 0 fully saturated rings. The van der Waals surface area contributed by atoms with Crippen molar-refractivity contribution in [2.45, 2.75) is 11.4 Å². The van der Waals surface area contributed by atoms with Gasteiger partial charge in [0.05, 0.1) is 28.4 Å². The fourth-order valence-corrected chi connectivity index (χ4v) is 2.60. The zero-order valence-electron chi connectivity index (χ0n) is 9.26. The molecule has 0 saturated carbocycles. The maximum absolute atomic E-state index is 11.9. The van der Waals surface area contributed by atoms with Gasteiger partial charge in [0.25, 0.3) is 0 Å². The number of hydrogen-bond acceptors (Lipinski definition) is 4. The van der Waals surface area contributed by atoms with E-state index in [2.05, 4.69) is 4.72 Å². The average molecular weight is 287 g/mol. The summed E-state index contributed by atoms with van der Waals surface area (Å²) in [6.45, 7) is 0.0807. The fourth-order valence-electron chi connectivity index (χ4n) is 1.34. The van der Waals surface area contributed by atoms with Gasteiger partial charge in [0, 0.05) is 0 Å². The lowest BCUT2D eigenvalue weighted by atomic mass is 10.3. The second kappa shape index (κ2) is 5.01. The third kappa shape index (κ3) is 2.84. The van der Waals surface area contributed by atoms with Gasteiger partial charge in [-0.15, -0.1) is 0 Å². The number of nitrogens with two attached hydrogens (primary N) is 1. The number of nitrogen functional groups attached to an aromatic ring is 1. The van der Waals surface area contributed by atoms with Gasteiger partial charge in [-0.3, -0.25) is 0 Å². The summed E-state index contributed by atoms with van der Waals surface area (Å²) in [4.78, 5) is 0.0632. The van der Waals surface area contributed by atoms with Crippen molar-refractivity contribution in [2.24, 2.45) is 0 Å². The Balaban J connectivity index is 2.17. The Labute approximate surface area is 110 Å². The van der Waals surface area contributed by atoms with E-state index in [4.69, 9.17) is 21.8 Å². The molecular weight excluding hydrogens is 276 g/mol. The first-order chi connectivity index (χ1) is 8.49. The molecule has 0 amide bonds. The van der Waals surface area contributed by atoms with Crippen LogP contribution in [-0.2, 0) is 16.6 Å². The number of rotatable bonds is 4. The molecule has 96 valence electrons. The van der Waals surface area contributed by atoms with Crippen molar-refractivity contribution in [2.75, 3.05) is 5.73 Å². The highest BCUT2D eigenvalue weighted by Gasteiger charge is 2.15. The molecule has 0 aliphatic rings. The lowest BCUT2D eigenvalue weighted by molar-refractivity contribution is 0.498. The third-order valence-electron chi connectivity index (χ3n) is 2.30. The van der Waals surface area contributed by atoms with Crippen molar-refractivity contribution in [3.63, 3.8) is 0 Å². The number of hydrogen-bond donors (Lipinski definition) is 2. The van der Waals surface area contributed by atoms with E-state index in [1.54, 1.807) is 12.1 Å². The molecule has 1 aromatic carbocycles. The van der Waals surface area contributed by atoms with E-state index < -0.39 is 10.0 Å². The van der Waals surface area contributed by atoms with Gasteiger partial charge in [0.2, 0.25) is 10.0 Å². The van der Waals surface area contributed by atoms with Crippen LogP contribution in [0.3, 0.4) is 0 Å². The predicted octanol–water partition coefficient (Wildman–Crippen LogP) is 1.99. The topological polar surface area (TPSA) is 85.3 Å². The van der Waals surface area contributed by atoms with Crippen molar-refractivity contribution in [1.29, 1.82) is 0 Å². The number of anilines is 1. The van der Waals surface area contributed by atoms with Crippen LogP contribution in [0, 0.1) is 0 Å². The summed E-state index contributed by atoms with van der Waals surface area (Å²) in [5, 5.41) is 0.205. The summed E-state index contributed by atoms with van der Waals surface area (Å²) in [5.41, 5.74) is 5.86. The molecule has 0 spiro atoms. The molecule has 1 heterocycles. The number of sulfonamides is 1. The van der Waals surface area contributed by atoms with Crippen molar-refractivity contribution < 1.29 is 12.8 Å². The zero-order valence-corrected chi connectivity index (χ0v) is 10.8. The maximum atomic E-state index is 11.9. The van der Waals surface area contributed by atoms with Gasteiger partial charge in [-0.05, 0) is 30.3 Å². The predicted molar refractivity (Wildman–Crippen MR) is 68.6 cm³/mol. The summed E-state index contributed by atoms with van der Waals surface area (Å²) in [5.74, 6) is 0.528. The minimum Gasteiger partial charge on any atom is -0.468 e. The minimum absolute atomic E-state index is 0.0632. The normalized spacial score (nSPS) is 11.6. The first-order valence-electron chi connectivity index (χ1n) is 5.06. The van der Waals surface area contributed by atoms with Crippen LogP contribution in [0.15, 0.2) is 45.9 Å². The van der Waals surface area contributed by atoms with Crippen LogP contribution in [0.5, 0.6) is 0 Å². The van der Waals surface area contributed by atoms with Crippen LogP contribution in [0.25, 0.3) is 0 Å². The molecular formula is C11H11ClN2O3S. The molecule has 2 rings (SSSR count). The van der Waals surface area contributed by atoms with Gasteiger partial charge in [-0.25, -0.2) is 13.1 Å². The highest BCUT2D eigenvalue weighted by Crippen LogP contribution is 2.22. The molecule has 1 aromatic heterocycles. The van der Waals surface area contributed by atoms with Gasteiger partial charge < -0.3 is 10.2 Å². The third-order valence-corrected chi connectivity index (χ3v) is 4.02. The van der Waals surface area contributed by atoms with Crippen molar-refractivity contribution in [3.05, 3.63) is 47.4 Å². The Morgan fingerprint density at radius 2 is 2.11 bits per heavy atom. The van der Waals surface area contributed by atoms with E-state index >= 15 is 0 Å². The summed E-state index contributed by atoms with van der Waals surface area (Å²) in [6, 6.07) is 7.51. The fraction of sp³-hybridized carbons (Fsp3) is 0.0909. The number of nitrogens with one attached hydrogen (secondary N) is 1. The molecule has 0 bridgehead atoms. The van der Waals surface area contributed by atoms with E-state index in [-0.39, 0.29) is 16.5 Å². The SMILES string of the molecule is Nc1ccc(S(=O)(=O)NCc2ccco2)cc1Cl.